The van der Waals surface area contributed by atoms with Gasteiger partial charge in [-0.15, -0.1) is 10.2 Å². The SMILES string of the molecule is C[C@H](Sc1nnc(-c2ccc(Br)cc2)n1CCc1ccccc1)C(=O)NC(N)=O. The summed E-state index contributed by atoms with van der Waals surface area (Å²) in [5.74, 6) is 0.253. The minimum absolute atomic E-state index is 0.467. The Hall–Kier alpha value is -2.65. The molecule has 0 spiro atoms. The molecular weight excluding hydrogens is 454 g/mol. The lowest BCUT2D eigenvalue weighted by atomic mass is 10.1. The summed E-state index contributed by atoms with van der Waals surface area (Å²) in [5.41, 5.74) is 7.16. The van der Waals surface area contributed by atoms with E-state index in [1.807, 2.05) is 47.0 Å². The average Bonchev–Trinajstić information content (AvgIpc) is 3.09. The lowest BCUT2D eigenvalue weighted by Crippen LogP contribution is -2.39. The second-order valence-corrected chi connectivity index (χ2v) is 8.54. The number of nitrogens with two attached hydrogens (primary N) is 1. The number of rotatable bonds is 7. The second kappa shape index (κ2) is 9.71. The molecular formula is C20H20BrN5O2S. The number of amides is 3. The lowest BCUT2D eigenvalue weighted by Gasteiger charge is -2.13. The predicted molar refractivity (Wildman–Crippen MR) is 116 cm³/mol. The van der Waals surface area contributed by atoms with Crippen molar-refractivity contribution in [3.05, 3.63) is 64.6 Å². The van der Waals surface area contributed by atoms with Gasteiger partial charge in [0.25, 0.3) is 0 Å². The Morgan fingerprint density at radius 2 is 1.83 bits per heavy atom. The molecule has 0 saturated carbocycles. The van der Waals surface area contributed by atoms with Gasteiger partial charge in [0.1, 0.15) is 0 Å². The number of urea groups is 1. The molecule has 1 atom stereocenters. The standard InChI is InChI=1S/C20H20BrN5O2S/c1-13(18(27)23-19(22)28)29-20-25-24-17(15-7-9-16(21)10-8-15)26(20)12-11-14-5-3-2-4-6-14/h2-10,13H,11-12H2,1H3,(H3,22,23,27,28)/t13-/m0/s1. The summed E-state index contributed by atoms with van der Waals surface area (Å²) in [6.45, 7) is 2.34. The molecule has 0 bridgehead atoms. The second-order valence-electron chi connectivity index (χ2n) is 6.31. The minimum Gasteiger partial charge on any atom is -0.351 e. The Balaban J connectivity index is 1.87. The summed E-state index contributed by atoms with van der Waals surface area (Å²) in [6.07, 6.45) is 0.790. The van der Waals surface area contributed by atoms with Crippen LogP contribution in [0.1, 0.15) is 12.5 Å². The van der Waals surface area contributed by atoms with Gasteiger partial charge in [-0.05, 0) is 31.0 Å². The van der Waals surface area contributed by atoms with Crippen LogP contribution in [-0.2, 0) is 17.8 Å². The number of aryl methyl sites for hydroxylation is 1. The third kappa shape index (κ3) is 5.68. The van der Waals surface area contributed by atoms with Gasteiger partial charge in [0.15, 0.2) is 11.0 Å². The quantitative estimate of drug-likeness (QED) is 0.510. The van der Waals surface area contributed by atoms with Gasteiger partial charge in [-0.1, -0.05) is 70.2 Å². The van der Waals surface area contributed by atoms with Gasteiger partial charge < -0.3 is 10.3 Å². The smallest absolute Gasteiger partial charge is 0.318 e. The minimum atomic E-state index is -0.872. The van der Waals surface area contributed by atoms with Crippen LogP contribution in [-0.4, -0.2) is 32.0 Å². The van der Waals surface area contributed by atoms with E-state index in [0.29, 0.717) is 11.7 Å². The van der Waals surface area contributed by atoms with Gasteiger partial charge in [-0.3, -0.25) is 10.1 Å². The molecule has 29 heavy (non-hydrogen) atoms. The molecule has 1 aromatic heterocycles. The molecule has 3 N–H and O–H groups in total. The number of nitrogens with one attached hydrogen (secondary N) is 1. The van der Waals surface area contributed by atoms with Crippen molar-refractivity contribution in [2.75, 3.05) is 0 Å². The van der Waals surface area contributed by atoms with Crippen LogP contribution < -0.4 is 11.1 Å². The van der Waals surface area contributed by atoms with E-state index in [0.717, 1.165) is 22.3 Å². The summed E-state index contributed by atoms with van der Waals surface area (Å²) in [5, 5.41) is 10.8. The zero-order valence-corrected chi connectivity index (χ0v) is 18.1. The van der Waals surface area contributed by atoms with E-state index >= 15 is 0 Å². The van der Waals surface area contributed by atoms with Crippen molar-refractivity contribution in [2.24, 2.45) is 5.73 Å². The summed E-state index contributed by atoms with van der Waals surface area (Å²) >= 11 is 4.68. The molecule has 2 aromatic carbocycles. The largest absolute Gasteiger partial charge is 0.351 e. The first kappa shape index (κ1) is 21.1. The van der Waals surface area contributed by atoms with Crippen LogP contribution >= 0.6 is 27.7 Å². The van der Waals surface area contributed by atoms with Crippen molar-refractivity contribution in [2.45, 2.75) is 30.3 Å². The summed E-state index contributed by atoms with van der Waals surface area (Å²) in [7, 11) is 0. The topological polar surface area (TPSA) is 103 Å². The zero-order valence-electron chi connectivity index (χ0n) is 15.7. The number of thioether (sulfide) groups is 1. The molecule has 150 valence electrons. The van der Waals surface area contributed by atoms with Crippen molar-refractivity contribution in [1.82, 2.24) is 20.1 Å². The van der Waals surface area contributed by atoms with Gasteiger partial charge in [-0.2, -0.15) is 0 Å². The number of carbonyl (C=O) groups is 2. The average molecular weight is 474 g/mol. The normalized spacial score (nSPS) is 11.8. The molecule has 0 aliphatic heterocycles. The van der Waals surface area contributed by atoms with Gasteiger partial charge >= 0.3 is 6.03 Å². The third-order valence-electron chi connectivity index (χ3n) is 4.18. The van der Waals surface area contributed by atoms with Crippen LogP contribution in [0.3, 0.4) is 0 Å². The van der Waals surface area contributed by atoms with Gasteiger partial charge in [0.2, 0.25) is 5.91 Å². The zero-order chi connectivity index (χ0) is 20.8. The first-order valence-electron chi connectivity index (χ1n) is 8.94. The Bertz CT molecular complexity index is 992. The molecule has 0 radical (unpaired) electrons. The molecule has 7 nitrogen and oxygen atoms in total. The molecule has 0 aliphatic rings. The van der Waals surface area contributed by atoms with Gasteiger partial charge in [0.05, 0.1) is 5.25 Å². The van der Waals surface area contributed by atoms with E-state index < -0.39 is 17.2 Å². The molecule has 0 saturated heterocycles. The number of halogens is 1. The number of carbonyl (C=O) groups excluding carboxylic acids is 2. The lowest BCUT2D eigenvalue weighted by molar-refractivity contribution is -0.119. The maximum Gasteiger partial charge on any atom is 0.318 e. The van der Waals surface area contributed by atoms with E-state index in [4.69, 9.17) is 5.73 Å². The van der Waals surface area contributed by atoms with Crippen molar-refractivity contribution < 1.29 is 9.59 Å². The molecule has 0 aliphatic carbocycles. The fraction of sp³-hybridized carbons (Fsp3) is 0.200. The fourth-order valence-corrected chi connectivity index (χ4v) is 3.85. The Labute approximate surface area is 181 Å². The maximum atomic E-state index is 12.1. The first-order valence-corrected chi connectivity index (χ1v) is 10.6. The van der Waals surface area contributed by atoms with Crippen molar-refractivity contribution in [3.8, 4) is 11.4 Å². The fourth-order valence-electron chi connectivity index (χ4n) is 2.71. The monoisotopic (exact) mass is 473 g/mol. The van der Waals surface area contributed by atoms with Gasteiger partial charge in [0, 0.05) is 16.6 Å². The number of primary amides is 1. The Morgan fingerprint density at radius 3 is 2.48 bits per heavy atom. The molecule has 0 fully saturated rings. The van der Waals surface area contributed by atoms with Crippen LogP contribution in [0.2, 0.25) is 0 Å². The summed E-state index contributed by atoms with van der Waals surface area (Å²) < 4.78 is 2.97. The van der Waals surface area contributed by atoms with Crippen molar-refractivity contribution >= 4 is 39.6 Å². The van der Waals surface area contributed by atoms with E-state index in [-0.39, 0.29) is 0 Å². The maximum absolute atomic E-state index is 12.1. The molecule has 9 heteroatoms. The van der Waals surface area contributed by atoms with Crippen LogP contribution in [0, 0.1) is 0 Å². The highest BCUT2D eigenvalue weighted by Gasteiger charge is 2.21. The number of benzene rings is 2. The number of hydrogen-bond acceptors (Lipinski definition) is 5. The van der Waals surface area contributed by atoms with Crippen LogP contribution in [0.15, 0.2) is 64.2 Å². The van der Waals surface area contributed by atoms with Crippen molar-refractivity contribution in [1.29, 1.82) is 0 Å². The van der Waals surface area contributed by atoms with Gasteiger partial charge in [-0.25, -0.2) is 4.79 Å². The number of nitrogens with zero attached hydrogens (tertiary/aromatic N) is 3. The van der Waals surface area contributed by atoms with Crippen LogP contribution in [0.25, 0.3) is 11.4 Å². The Kier molecular flexibility index (Phi) is 7.05. The highest BCUT2D eigenvalue weighted by Crippen LogP contribution is 2.28. The molecule has 3 rings (SSSR count). The molecule has 3 aromatic rings. The molecule has 3 amide bonds. The Morgan fingerprint density at radius 1 is 1.14 bits per heavy atom. The predicted octanol–water partition coefficient (Wildman–Crippen LogP) is 3.63. The molecule has 1 heterocycles. The highest BCUT2D eigenvalue weighted by atomic mass is 79.9. The van der Waals surface area contributed by atoms with Crippen LogP contribution in [0.4, 0.5) is 4.79 Å². The van der Waals surface area contributed by atoms with E-state index in [9.17, 15) is 9.59 Å². The first-order chi connectivity index (χ1) is 13.9. The van der Waals surface area contributed by atoms with E-state index in [2.05, 4.69) is 43.6 Å². The number of imide groups is 1. The molecule has 0 unspecified atom stereocenters. The van der Waals surface area contributed by atoms with E-state index in [1.54, 1.807) is 6.92 Å². The summed E-state index contributed by atoms with van der Waals surface area (Å²) in [6, 6.07) is 17.1. The summed E-state index contributed by atoms with van der Waals surface area (Å²) in [4.78, 5) is 23.0. The number of hydrogen-bond donors (Lipinski definition) is 2. The number of aromatic nitrogens is 3. The van der Waals surface area contributed by atoms with E-state index in [1.165, 1.54) is 17.3 Å². The van der Waals surface area contributed by atoms with Crippen LogP contribution in [0.5, 0.6) is 0 Å². The highest BCUT2D eigenvalue weighted by molar-refractivity contribution is 9.10. The van der Waals surface area contributed by atoms with Crippen molar-refractivity contribution in [3.63, 3.8) is 0 Å². The third-order valence-corrected chi connectivity index (χ3v) is 5.79.